The van der Waals surface area contributed by atoms with E-state index in [0.717, 1.165) is 22.3 Å². The molecular weight excluding hydrogens is 529 g/mol. The van der Waals surface area contributed by atoms with Crippen molar-refractivity contribution in [1.82, 2.24) is 0 Å². The molecule has 0 unspecified atom stereocenters. The Labute approximate surface area is 235 Å². The van der Waals surface area contributed by atoms with E-state index in [4.69, 9.17) is 9.47 Å². The number of anilines is 1. The Kier molecular flexibility index (Phi) is 8.30. The Bertz CT molecular complexity index is 1590. The third kappa shape index (κ3) is 7.48. The van der Waals surface area contributed by atoms with Crippen LogP contribution in [0.3, 0.4) is 0 Å². The molecule has 6 nitrogen and oxygen atoms in total. The van der Waals surface area contributed by atoms with Gasteiger partial charge in [0.15, 0.2) is 0 Å². The number of rotatable bonds is 8. The van der Waals surface area contributed by atoms with Crippen molar-refractivity contribution >= 4 is 21.7 Å². The molecule has 0 saturated heterocycles. The minimum absolute atomic E-state index is 0.113. The average Bonchev–Trinajstić information content (AvgIpc) is 2.88. The summed E-state index contributed by atoms with van der Waals surface area (Å²) in [6.07, 6.45) is 1.17. The fourth-order valence-corrected chi connectivity index (χ4v) is 5.00. The van der Waals surface area contributed by atoms with E-state index in [1.54, 1.807) is 63.2 Å². The van der Waals surface area contributed by atoms with Crippen LogP contribution in [0.25, 0.3) is 11.1 Å². The lowest BCUT2D eigenvalue weighted by Gasteiger charge is -2.24. The first-order valence-electron chi connectivity index (χ1n) is 12.7. The van der Waals surface area contributed by atoms with Crippen molar-refractivity contribution < 1.29 is 27.1 Å². The molecule has 208 valence electrons. The summed E-state index contributed by atoms with van der Waals surface area (Å²) in [6.45, 7) is 7.45. The largest absolute Gasteiger partial charge is 0.457 e. The molecule has 0 amide bonds. The zero-order valence-electron chi connectivity index (χ0n) is 23.1. The monoisotopic (exact) mass is 561 g/mol. The van der Waals surface area contributed by atoms with Gasteiger partial charge >= 0.3 is 5.97 Å². The molecule has 8 heteroatoms. The Morgan fingerprint density at radius 2 is 1.43 bits per heavy atom. The predicted molar refractivity (Wildman–Crippen MR) is 156 cm³/mol. The van der Waals surface area contributed by atoms with Gasteiger partial charge in [-0.1, -0.05) is 30.3 Å². The van der Waals surface area contributed by atoms with Gasteiger partial charge in [0, 0.05) is 0 Å². The molecule has 0 fully saturated rings. The van der Waals surface area contributed by atoms with E-state index >= 15 is 0 Å². The summed E-state index contributed by atoms with van der Waals surface area (Å²) in [7, 11) is -3.60. The minimum atomic E-state index is -3.60. The Morgan fingerprint density at radius 1 is 0.850 bits per heavy atom. The van der Waals surface area contributed by atoms with Crippen molar-refractivity contribution in [2.24, 2.45) is 0 Å². The standard InChI is InChI=1S/C32H32FNO5S/c1-22-20-27(14-19-30(22)24-10-15-28(16-11-24)38-29-17-12-26(33)13-18-29)34(40(5,36)37)21-23-6-8-25(9-7-23)31(35)39-32(2,3)4/h6-20H,21H2,1-5H3. The van der Waals surface area contributed by atoms with E-state index in [0.29, 0.717) is 22.7 Å². The topological polar surface area (TPSA) is 72.9 Å². The second kappa shape index (κ2) is 11.5. The molecule has 0 aliphatic carbocycles. The van der Waals surface area contributed by atoms with Gasteiger partial charge in [-0.3, -0.25) is 4.31 Å². The highest BCUT2D eigenvalue weighted by atomic mass is 32.2. The molecule has 40 heavy (non-hydrogen) atoms. The van der Waals surface area contributed by atoms with Crippen molar-refractivity contribution in [3.8, 4) is 22.6 Å². The number of ether oxygens (including phenoxy) is 2. The third-order valence-electron chi connectivity index (χ3n) is 6.03. The van der Waals surface area contributed by atoms with Gasteiger partial charge in [-0.05, 0) is 111 Å². The zero-order chi connectivity index (χ0) is 29.1. The average molecular weight is 562 g/mol. The number of halogens is 1. The zero-order valence-corrected chi connectivity index (χ0v) is 24.0. The molecule has 0 spiro atoms. The van der Waals surface area contributed by atoms with Gasteiger partial charge < -0.3 is 9.47 Å². The lowest BCUT2D eigenvalue weighted by Crippen LogP contribution is -2.29. The number of carbonyl (C=O) groups excluding carboxylic acids is 1. The number of nitrogens with zero attached hydrogens (tertiary/aromatic N) is 1. The van der Waals surface area contributed by atoms with Crippen molar-refractivity contribution in [2.45, 2.75) is 39.8 Å². The molecule has 4 aromatic rings. The van der Waals surface area contributed by atoms with Gasteiger partial charge in [-0.2, -0.15) is 0 Å². The number of benzene rings is 4. The van der Waals surface area contributed by atoms with Gasteiger partial charge in [0.25, 0.3) is 0 Å². The number of sulfonamides is 1. The number of aryl methyl sites for hydroxylation is 1. The second-order valence-electron chi connectivity index (χ2n) is 10.5. The number of hydrogen-bond acceptors (Lipinski definition) is 5. The highest BCUT2D eigenvalue weighted by Gasteiger charge is 2.21. The van der Waals surface area contributed by atoms with Crippen LogP contribution in [0.2, 0.25) is 0 Å². The van der Waals surface area contributed by atoms with E-state index in [2.05, 4.69) is 0 Å². The summed E-state index contributed by atoms with van der Waals surface area (Å²) in [4.78, 5) is 12.3. The first-order chi connectivity index (χ1) is 18.8. The third-order valence-corrected chi connectivity index (χ3v) is 7.17. The number of hydrogen-bond donors (Lipinski definition) is 0. The van der Waals surface area contributed by atoms with Crippen LogP contribution in [0.15, 0.2) is 91.0 Å². The second-order valence-corrected chi connectivity index (χ2v) is 12.5. The fourth-order valence-electron chi connectivity index (χ4n) is 4.12. The van der Waals surface area contributed by atoms with Crippen LogP contribution < -0.4 is 9.04 Å². The van der Waals surface area contributed by atoms with E-state index in [9.17, 15) is 17.6 Å². The summed E-state index contributed by atoms with van der Waals surface area (Å²) in [5.41, 5.74) is 3.86. The summed E-state index contributed by atoms with van der Waals surface area (Å²) in [5.74, 6) is 0.396. The molecule has 0 aliphatic rings. The van der Waals surface area contributed by atoms with Gasteiger partial charge in [0.2, 0.25) is 10.0 Å². The SMILES string of the molecule is Cc1cc(N(Cc2ccc(C(=O)OC(C)(C)C)cc2)S(C)(=O)=O)ccc1-c1ccc(Oc2ccc(F)cc2)cc1. The number of carbonyl (C=O) groups is 1. The van der Waals surface area contributed by atoms with Gasteiger partial charge in [0.05, 0.1) is 24.1 Å². The van der Waals surface area contributed by atoms with Crippen molar-refractivity contribution in [3.05, 3.63) is 114 Å². The minimum Gasteiger partial charge on any atom is -0.457 e. The highest BCUT2D eigenvalue weighted by Crippen LogP contribution is 2.31. The lowest BCUT2D eigenvalue weighted by atomic mass is 10.00. The maximum atomic E-state index is 13.1. The Balaban J connectivity index is 1.51. The van der Waals surface area contributed by atoms with Crippen LogP contribution in [0.4, 0.5) is 10.1 Å². The van der Waals surface area contributed by atoms with Gasteiger partial charge in [-0.15, -0.1) is 0 Å². The normalized spacial score (nSPS) is 11.7. The van der Waals surface area contributed by atoms with Gasteiger partial charge in [0.1, 0.15) is 22.9 Å². The van der Waals surface area contributed by atoms with Crippen molar-refractivity contribution in [2.75, 3.05) is 10.6 Å². The Morgan fingerprint density at radius 3 is 1.95 bits per heavy atom. The summed E-state index contributed by atoms with van der Waals surface area (Å²) in [5, 5.41) is 0. The smallest absolute Gasteiger partial charge is 0.338 e. The first kappa shape index (κ1) is 28.8. The molecule has 0 atom stereocenters. The van der Waals surface area contributed by atoms with Gasteiger partial charge in [-0.25, -0.2) is 17.6 Å². The first-order valence-corrected chi connectivity index (χ1v) is 14.6. The van der Waals surface area contributed by atoms with Crippen molar-refractivity contribution in [3.63, 3.8) is 0 Å². The quantitative estimate of drug-likeness (QED) is 0.208. The highest BCUT2D eigenvalue weighted by molar-refractivity contribution is 7.92. The Hall–Kier alpha value is -4.17. The molecule has 4 rings (SSSR count). The fraction of sp³-hybridized carbons (Fsp3) is 0.219. The molecule has 0 aromatic heterocycles. The summed E-state index contributed by atoms with van der Waals surface area (Å²) in [6, 6.07) is 25.6. The van der Waals surface area contributed by atoms with Crippen LogP contribution in [0.5, 0.6) is 11.5 Å². The van der Waals surface area contributed by atoms with E-state index < -0.39 is 21.6 Å². The molecule has 0 radical (unpaired) electrons. The molecule has 0 heterocycles. The molecule has 0 saturated carbocycles. The van der Waals surface area contributed by atoms with E-state index in [-0.39, 0.29) is 12.4 Å². The molecule has 0 N–H and O–H groups in total. The molecule has 0 bridgehead atoms. The van der Waals surface area contributed by atoms with E-state index in [1.165, 1.54) is 22.7 Å². The lowest BCUT2D eigenvalue weighted by molar-refractivity contribution is 0.00694. The van der Waals surface area contributed by atoms with Crippen LogP contribution >= 0.6 is 0 Å². The molecule has 4 aromatic carbocycles. The predicted octanol–water partition coefficient (Wildman–Crippen LogP) is 7.51. The van der Waals surface area contributed by atoms with Crippen LogP contribution in [0, 0.1) is 12.7 Å². The summed E-state index contributed by atoms with van der Waals surface area (Å²) < 4.78 is 51.2. The molecule has 0 aliphatic heterocycles. The maximum absolute atomic E-state index is 13.1. The summed E-state index contributed by atoms with van der Waals surface area (Å²) >= 11 is 0. The van der Waals surface area contributed by atoms with Crippen LogP contribution in [-0.4, -0.2) is 26.2 Å². The molecular formula is C32H32FNO5S. The van der Waals surface area contributed by atoms with Crippen LogP contribution in [0.1, 0.15) is 42.3 Å². The maximum Gasteiger partial charge on any atom is 0.338 e. The number of esters is 1. The van der Waals surface area contributed by atoms with Crippen LogP contribution in [-0.2, 0) is 21.3 Å². The van der Waals surface area contributed by atoms with Crippen molar-refractivity contribution in [1.29, 1.82) is 0 Å². The van der Waals surface area contributed by atoms with E-state index in [1.807, 2.05) is 43.3 Å².